The molecule has 1 aliphatic rings. The number of fused-ring (bicyclic) bond motifs is 6. The molecule has 0 aromatic heterocycles. The fourth-order valence-corrected chi connectivity index (χ4v) is 10.7. The molecule has 1 aliphatic carbocycles. The summed E-state index contributed by atoms with van der Waals surface area (Å²) in [5.41, 5.74) is 18.5. The van der Waals surface area contributed by atoms with Crippen molar-refractivity contribution in [2.24, 2.45) is 0 Å². The summed E-state index contributed by atoms with van der Waals surface area (Å²) < 4.78 is 0. The van der Waals surface area contributed by atoms with Gasteiger partial charge in [-0.2, -0.15) is 0 Å². The lowest BCUT2D eigenvalue weighted by Crippen LogP contribution is -2.28. The minimum absolute atomic E-state index is 0.442. The standard InChI is InChI=1S/C64H44/c1-43-27-38-49(39-28-43)64(60-25-13-11-19-53(60)54-20-12-14-26-61(54)64)50-40-35-48(36-41-50)62-55-21-7-9-23-57(55)63(58-24-10-8-22-56(58)62)59-42-37-47(51-17-5-6-18-52(51)59)34-31-44-29-32-46(33-30-44)45-15-3-2-4-16-45/h2-42H,1H3/b34-31+. The molecule has 0 radical (unpaired) electrons. The maximum Gasteiger partial charge on any atom is 0.0713 e. The molecule has 0 heterocycles. The van der Waals surface area contributed by atoms with Crippen LogP contribution in [0.2, 0.25) is 0 Å². The van der Waals surface area contributed by atoms with E-state index in [-0.39, 0.29) is 0 Å². The van der Waals surface area contributed by atoms with Gasteiger partial charge in [-0.15, -0.1) is 0 Å². The van der Waals surface area contributed by atoms with Crippen LogP contribution in [0.15, 0.2) is 237 Å². The average molecular weight is 813 g/mol. The van der Waals surface area contributed by atoms with Gasteiger partial charge in [0.05, 0.1) is 5.41 Å². The molecule has 64 heavy (non-hydrogen) atoms. The summed E-state index contributed by atoms with van der Waals surface area (Å²) in [6, 6.07) is 87.6. The smallest absolute Gasteiger partial charge is 0.0622 e. The van der Waals surface area contributed by atoms with Gasteiger partial charge in [-0.1, -0.05) is 254 Å². The first kappa shape index (κ1) is 37.7. The predicted octanol–water partition coefficient (Wildman–Crippen LogP) is 17.0. The Morgan fingerprint density at radius 1 is 0.297 bits per heavy atom. The number of hydrogen-bond acceptors (Lipinski definition) is 0. The second-order valence-corrected chi connectivity index (χ2v) is 17.2. The number of hydrogen-bond donors (Lipinski definition) is 0. The Morgan fingerprint density at radius 2 is 0.750 bits per heavy atom. The lowest BCUT2D eigenvalue weighted by molar-refractivity contribution is 0.768. The molecule has 11 aromatic carbocycles. The second kappa shape index (κ2) is 15.4. The van der Waals surface area contributed by atoms with Crippen LogP contribution in [0.25, 0.3) is 89.0 Å². The predicted molar refractivity (Wildman–Crippen MR) is 273 cm³/mol. The van der Waals surface area contributed by atoms with E-state index in [0.29, 0.717) is 0 Å². The van der Waals surface area contributed by atoms with Crippen molar-refractivity contribution in [2.75, 3.05) is 0 Å². The van der Waals surface area contributed by atoms with Crippen LogP contribution in [0.4, 0.5) is 0 Å². The first-order valence-corrected chi connectivity index (χ1v) is 22.3. The van der Waals surface area contributed by atoms with Gasteiger partial charge in [0.15, 0.2) is 0 Å². The van der Waals surface area contributed by atoms with E-state index in [0.717, 1.165) is 0 Å². The van der Waals surface area contributed by atoms with Crippen molar-refractivity contribution in [2.45, 2.75) is 12.3 Å². The van der Waals surface area contributed by atoms with Crippen LogP contribution >= 0.6 is 0 Å². The molecule has 0 saturated carbocycles. The van der Waals surface area contributed by atoms with Crippen molar-refractivity contribution in [3.63, 3.8) is 0 Å². The lowest BCUT2D eigenvalue weighted by atomic mass is 9.67. The van der Waals surface area contributed by atoms with Crippen LogP contribution in [0, 0.1) is 6.92 Å². The Labute approximate surface area is 375 Å². The van der Waals surface area contributed by atoms with E-state index < -0.39 is 5.41 Å². The molecule has 0 fully saturated rings. The lowest BCUT2D eigenvalue weighted by Gasteiger charge is -2.34. The minimum atomic E-state index is -0.442. The van der Waals surface area contributed by atoms with Gasteiger partial charge in [0.1, 0.15) is 0 Å². The van der Waals surface area contributed by atoms with Crippen molar-refractivity contribution in [3.8, 4) is 44.5 Å². The zero-order valence-corrected chi connectivity index (χ0v) is 35.7. The molecule has 11 aromatic rings. The largest absolute Gasteiger partial charge is 0.0713 e. The monoisotopic (exact) mass is 812 g/mol. The van der Waals surface area contributed by atoms with E-state index >= 15 is 0 Å². The van der Waals surface area contributed by atoms with E-state index in [1.807, 2.05) is 0 Å². The molecule has 0 N–H and O–H groups in total. The summed E-state index contributed by atoms with van der Waals surface area (Å²) in [6.45, 7) is 2.17. The first-order chi connectivity index (χ1) is 31.7. The highest BCUT2D eigenvalue weighted by Crippen LogP contribution is 2.56. The maximum absolute atomic E-state index is 2.39. The molecule has 0 unspecified atom stereocenters. The van der Waals surface area contributed by atoms with E-state index in [9.17, 15) is 0 Å². The molecule has 0 amide bonds. The van der Waals surface area contributed by atoms with Gasteiger partial charge in [-0.3, -0.25) is 0 Å². The zero-order chi connectivity index (χ0) is 42.6. The Hall–Kier alpha value is -8.06. The highest BCUT2D eigenvalue weighted by atomic mass is 14.5. The second-order valence-electron chi connectivity index (χ2n) is 17.2. The molecular formula is C64H44. The van der Waals surface area contributed by atoms with Crippen LogP contribution in [-0.2, 0) is 5.41 Å². The summed E-state index contributed by atoms with van der Waals surface area (Å²) in [6.07, 6.45) is 4.49. The van der Waals surface area contributed by atoms with Crippen LogP contribution in [0.1, 0.15) is 38.9 Å². The molecule has 0 bridgehead atoms. The molecular weight excluding hydrogens is 769 g/mol. The highest BCUT2D eigenvalue weighted by Gasteiger charge is 2.45. The number of benzene rings is 11. The summed E-state index contributed by atoms with van der Waals surface area (Å²) in [5.74, 6) is 0. The molecule has 0 heteroatoms. The Morgan fingerprint density at radius 3 is 1.34 bits per heavy atom. The van der Waals surface area contributed by atoms with Crippen molar-refractivity contribution in [3.05, 3.63) is 276 Å². The van der Waals surface area contributed by atoms with Gasteiger partial charge in [-0.05, 0) is 117 Å². The molecule has 0 atom stereocenters. The van der Waals surface area contributed by atoms with Gasteiger partial charge in [0.25, 0.3) is 0 Å². The van der Waals surface area contributed by atoms with Gasteiger partial charge in [0.2, 0.25) is 0 Å². The van der Waals surface area contributed by atoms with Crippen molar-refractivity contribution < 1.29 is 0 Å². The van der Waals surface area contributed by atoms with E-state index in [4.69, 9.17) is 0 Å². The Balaban J connectivity index is 0.993. The number of aryl methyl sites for hydroxylation is 1. The van der Waals surface area contributed by atoms with E-state index in [1.165, 1.54) is 116 Å². The quantitative estimate of drug-likeness (QED) is 0.111. The summed E-state index contributed by atoms with van der Waals surface area (Å²) in [7, 11) is 0. The summed E-state index contributed by atoms with van der Waals surface area (Å²) in [4.78, 5) is 0. The topological polar surface area (TPSA) is 0 Å². The van der Waals surface area contributed by atoms with Crippen LogP contribution in [0.3, 0.4) is 0 Å². The maximum atomic E-state index is 2.39. The van der Waals surface area contributed by atoms with Gasteiger partial charge < -0.3 is 0 Å². The normalized spacial score (nSPS) is 12.8. The third-order valence-corrected chi connectivity index (χ3v) is 13.7. The molecule has 0 saturated heterocycles. The average Bonchev–Trinajstić information content (AvgIpc) is 3.67. The van der Waals surface area contributed by atoms with Gasteiger partial charge >= 0.3 is 0 Å². The molecule has 0 aliphatic heterocycles. The van der Waals surface area contributed by atoms with Crippen LogP contribution < -0.4 is 0 Å². The summed E-state index contributed by atoms with van der Waals surface area (Å²) >= 11 is 0. The van der Waals surface area contributed by atoms with Gasteiger partial charge in [-0.25, -0.2) is 0 Å². The third kappa shape index (κ3) is 5.98. The Bertz CT molecular complexity index is 3470. The SMILES string of the molecule is Cc1ccc(C2(c3ccc(-c4c5ccccc5c(-c5ccc(/C=C/c6ccc(-c7ccccc7)cc6)c6ccccc56)c5ccccc45)cc3)c3ccccc3-c3ccccc32)cc1. The van der Waals surface area contributed by atoms with Crippen molar-refractivity contribution in [1.29, 1.82) is 0 Å². The van der Waals surface area contributed by atoms with Crippen molar-refractivity contribution in [1.82, 2.24) is 0 Å². The van der Waals surface area contributed by atoms with Gasteiger partial charge in [0, 0.05) is 0 Å². The molecule has 0 nitrogen and oxygen atoms in total. The van der Waals surface area contributed by atoms with E-state index in [2.05, 4.69) is 256 Å². The third-order valence-electron chi connectivity index (χ3n) is 13.7. The fourth-order valence-electron chi connectivity index (χ4n) is 10.7. The van der Waals surface area contributed by atoms with Crippen LogP contribution in [-0.4, -0.2) is 0 Å². The van der Waals surface area contributed by atoms with Crippen molar-refractivity contribution >= 4 is 44.5 Å². The number of rotatable bonds is 7. The molecule has 12 rings (SSSR count). The Kier molecular flexibility index (Phi) is 9.06. The first-order valence-electron chi connectivity index (χ1n) is 22.3. The van der Waals surface area contributed by atoms with Crippen LogP contribution in [0.5, 0.6) is 0 Å². The zero-order valence-electron chi connectivity index (χ0n) is 35.7. The fraction of sp³-hybridized carbons (Fsp3) is 0.0312. The summed E-state index contributed by atoms with van der Waals surface area (Å²) in [5, 5.41) is 7.49. The highest BCUT2D eigenvalue weighted by molar-refractivity contribution is 6.23. The molecule has 0 spiro atoms. The minimum Gasteiger partial charge on any atom is -0.0622 e. The van der Waals surface area contributed by atoms with E-state index in [1.54, 1.807) is 0 Å². The molecule has 300 valence electrons.